The molecule has 1 N–H and O–H groups in total. The summed E-state index contributed by atoms with van der Waals surface area (Å²) in [4.78, 5) is 6.98. The molecule has 4 rings (SSSR count). The van der Waals surface area contributed by atoms with E-state index in [0.717, 1.165) is 40.9 Å². The molecular weight excluding hydrogens is 412 g/mol. The van der Waals surface area contributed by atoms with Gasteiger partial charge in [-0.25, -0.2) is 0 Å². The predicted octanol–water partition coefficient (Wildman–Crippen LogP) is 5.92. The molecular formula is C24H27ClN4S. The highest BCUT2D eigenvalue weighted by atomic mass is 35.5. The van der Waals surface area contributed by atoms with Crippen molar-refractivity contribution < 1.29 is 0 Å². The number of unbranched alkanes of at least 4 members (excludes halogenated alkanes) is 1. The summed E-state index contributed by atoms with van der Waals surface area (Å²) in [6, 6.07) is 16.5. The zero-order valence-electron chi connectivity index (χ0n) is 17.6. The normalized spacial score (nSPS) is 18.7. The predicted molar refractivity (Wildman–Crippen MR) is 127 cm³/mol. The van der Waals surface area contributed by atoms with Crippen LogP contribution in [0.1, 0.15) is 54.5 Å². The first-order valence-electron chi connectivity index (χ1n) is 10.4. The number of aromatic nitrogens is 2. The number of pyridine rings is 1. The minimum atomic E-state index is 0.0229. The van der Waals surface area contributed by atoms with Crippen LogP contribution in [-0.4, -0.2) is 26.1 Å². The molecule has 1 saturated heterocycles. The molecule has 2 aromatic heterocycles. The second-order valence-electron chi connectivity index (χ2n) is 7.81. The maximum Gasteiger partial charge on any atom is 0.170 e. The van der Waals surface area contributed by atoms with Crippen molar-refractivity contribution in [3.8, 4) is 5.69 Å². The standard InChI is InChI=1S/C24H27ClN4S/c1-4-5-14-28-23(22(27-24(28)30)21-8-6-7-13-26-21)20-15-16(2)29(17(20)3)19-11-9-18(25)10-12-19/h6-13,15,22-23H,4-5,14H2,1-3H3,(H,27,30)/t22-,23+/m1/s1. The Balaban J connectivity index is 1.81. The number of halogens is 1. The van der Waals surface area contributed by atoms with Crippen molar-refractivity contribution in [1.82, 2.24) is 19.8 Å². The van der Waals surface area contributed by atoms with Gasteiger partial charge in [0.1, 0.15) is 0 Å². The van der Waals surface area contributed by atoms with E-state index < -0.39 is 0 Å². The molecule has 0 bridgehead atoms. The summed E-state index contributed by atoms with van der Waals surface area (Å²) in [6.07, 6.45) is 4.08. The largest absolute Gasteiger partial charge is 0.352 e. The van der Waals surface area contributed by atoms with E-state index in [9.17, 15) is 0 Å². The minimum absolute atomic E-state index is 0.0229. The molecule has 0 amide bonds. The summed E-state index contributed by atoms with van der Waals surface area (Å²) in [5.41, 5.74) is 5.82. The first kappa shape index (κ1) is 20.9. The molecule has 1 fully saturated rings. The van der Waals surface area contributed by atoms with E-state index in [1.165, 1.54) is 17.0 Å². The SMILES string of the molecule is CCCCN1C(=S)N[C@H](c2ccccn2)[C@@H]1c1cc(C)n(-c2ccc(Cl)cc2)c1C. The number of thiocarbonyl (C=S) groups is 1. The van der Waals surface area contributed by atoms with E-state index in [0.29, 0.717) is 0 Å². The van der Waals surface area contributed by atoms with E-state index in [4.69, 9.17) is 23.8 Å². The fourth-order valence-electron chi connectivity index (χ4n) is 4.39. The Labute approximate surface area is 188 Å². The molecule has 6 heteroatoms. The number of aryl methyl sites for hydroxylation is 1. The summed E-state index contributed by atoms with van der Waals surface area (Å²) in [5.74, 6) is 0. The van der Waals surface area contributed by atoms with Crippen molar-refractivity contribution in [1.29, 1.82) is 0 Å². The van der Waals surface area contributed by atoms with Crippen LogP contribution in [0, 0.1) is 13.8 Å². The Hall–Kier alpha value is -2.37. The summed E-state index contributed by atoms with van der Waals surface area (Å²) >= 11 is 11.9. The monoisotopic (exact) mass is 438 g/mol. The fraction of sp³-hybridized carbons (Fsp3) is 0.333. The van der Waals surface area contributed by atoms with Crippen LogP contribution in [0.25, 0.3) is 5.69 Å². The molecule has 0 saturated carbocycles. The first-order chi connectivity index (χ1) is 14.5. The van der Waals surface area contributed by atoms with Crippen LogP contribution in [0.15, 0.2) is 54.7 Å². The van der Waals surface area contributed by atoms with Gasteiger partial charge >= 0.3 is 0 Å². The minimum Gasteiger partial charge on any atom is -0.352 e. The zero-order chi connectivity index (χ0) is 21.3. The first-order valence-corrected chi connectivity index (χ1v) is 11.2. The smallest absolute Gasteiger partial charge is 0.170 e. The highest BCUT2D eigenvalue weighted by Gasteiger charge is 2.41. The molecule has 0 unspecified atom stereocenters. The third-order valence-corrected chi connectivity index (χ3v) is 6.43. The average molecular weight is 439 g/mol. The molecule has 1 aliphatic rings. The van der Waals surface area contributed by atoms with E-state index in [1.807, 2.05) is 30.5 Å². The van der Waals surface area contributed by atoms with Crippen molar-refractivity contribution in [2.75, 3.05) is 6.54 Å². The van der Waals surface area contributed by atoms with Crippen molar-refractivity contribution in [3.05, 3.63) is 82.4 Å². The Bertz CT molecular complexity index is 1030. The highest BCUT2D eigenvalue weighted by molar-refractivity contribution is 7.80. The van der Waals surface area contributed by atoms with Gasteiger partial charge in [0.05, 0.1) is 17.8 Å². The zero-order valence-corrected chi connectivity index (χ0v) is 19.2. The van der Waals surface area contributed by atoms with Gasteiger partial charge in [-0.05, 0) is 80.5 Å². The molecule has 3 heterocycles. The summed E-state index contributed by atoms with van der Waals surface area (Å²) in [5, 5.41) is 5.10. The lowest BCUT2D eigenvalue weighted by Gasteiger charge is -2.28. The van der Waals surface area contributed by atoms with Gasteiger partial charge in [-0.3, -0.25) is 4.98 Å². The van der Waals surface area contributed by atoms with Crippen LogP contribution in [0.2, 0.25) is 5.02 Å². The van der Waals surface area contributed by atoms with Crippen molar-refractivity contribution >= 4 is 28.9 Å². The van der Waals surface area contributed by atoms with Gasteiger partial charge in [0.2, 0.25) is 0 Å². The third-order valence-electron chi connectivity index (χ3n) is 5.82. The Kier molecular flexibility index (Phi) is 6.11. The second kappa shape index (κ2) is 8.78. The summed E-state index contributed by atoms with van der Waals surface area (Å²) < 4.78 is 2.29. The van der Waals surface area contributed by atoms with E-state index in [-0.39, 0.29) is 12.1 Å². The number of nitrogens with zero attached hydrogens (tertiary/aromatic N) is 3. The molecule has 0 radical (unpaired) electrons. The van der Waals surface area contributed by atoms with Crippen molar-refractivity contribution in [2.24, 2.45) is 0 Å². The second-order valence-corrected chi connectivity index (χ2v) is 8.63. The quantitative estimate of drug-likeness (QED) is 0.484. The molecule has 4 nitrogen and oxygen atoms in total. The number of hydrogen-bond acceptors (Lipinski definition) is 2. The van der Waals surface area contributed by atoms with Crippen LogP contribution < -0.4 is 5.32 Å². The van der Waals surface area contributed by atoms with E-state index >= 15 is 0 Å². The Morgan fingerprint density at radius 3 is 2.57 bits per heavy atom. The molecule has 3 aromatic rings. The topological polar surface area (TPSA) is 33.1 Å². The fourth-order valence-corrected chi connectivity index (χ4v) is 4.85. The highest BCUT2D eigenvalue weighted by Crippen LogP contribution is 2.41. The van der Waals surface area contributed by atoms with Gasteiger partial charge in [-0.15, -0.1) is 0 Å². The van der Waals surface area contributed by atoms with Gasteiger partial charge < -0.3 is 14.8 Å². The maximum absolute atomic E-state index is 6.11. The maximum atomic E-state index is 6.11. The van der Waals surface area contributed by atoms with Crippen LogP contribution >= 0.6 is 23.8 Å². The molecule has 2 atom stereocenters. The Morgan fingerprint density at radius 1 is 1.13 bits per heavy atom. The molecule has 1 aromatic carbocycles. The summed E-state index contributed by atoms with van der Waals surface area (Å²) in [7, 11) is 0. The molecule has 30 heavy (non-hydrogen) atoms. The van der Waals surface area contributed by atoms with Crippen molar-refractivity contribution in [3.63, 3.8) is 0 Å². The lowest BCUT2D eigenvalue weighted by Crippen LogP contribution is -2.30. The van der Waals surface area contributed by atoms with Crippen LogP contribution in [0.4, 0.5) is 0 Å². The molecule has 156 valence electrons. The number of hydrogen-bond donors (Lipinski definition) is 1. The van der Waals surface area contributed by atoms with Crippen LogP contribution in [-0.2, 0) is 0 Å². The number of rotatable bonds is 6. The number of nitrogens with one attached hydrogen (secondary N) is 1. The number of benzene rings is 1. The molecule has 1 aliphatic heterocycles. The third kappa shape index (κ3) is 3.84. The lowest BCUT2D eigenvalue weighted by molar-refractivity contribution is 0.312. The van der Waals surface area contributed by atoms with Gasteiger partial charge in [0.15, 0.2) is 5.11 Å². The van der Waals surface area contributed by atoms with Gasteiger partial charge in [-0.1, -0.05) is 31.0 Å². The van der Waals surface area contributed by atoms with Gasteiger partial charge in [-0.2, -0.15) is 0 Å². The van der Waals surface area contributed by atoms with E-state index in [1.54, 1.807) is 0 Å². The average Bonchev–Trinajstić information content (AvgIpc) is 3.23. The van der Waals surface area contributed by atoms with E-state index in [2.05, 4.69) is 64.8 Å². The van der Waals surface area contributed by atoms with Gasteiger partial charge in [0, 0.05) is 34.8 Å². The van der Waals surface area contributed by atoms with Gasteiger partial charge in [0.25, 0.3) is 0 Å². The van der Waals surface area contributed by atoms with Crippen LogP contribution in [0.5, 0.6) is 0 Å². The van der Waals surface area contributed by atoms with Crippen molar-refractivity contribution in [2.45, 2.75) is 45.7 Å². The Morgan fingerprint density at radius 2 is 1.90 bits per heavy atom. The van der Waals surface area contributed by atoms with Crippen LogP contribution in [0.3, 0.4) is 0 Å². The summed E-state index contributed by atoms with van der Waals surface area (Å²) in [6.45, 7) is 7.48. The lowest BCUT2D eigenvalue weighted by atomic mass is 9.96. The molecule has 0 aliphatic carbocycles. The molecule has 0 spiro atoms.